The van der Waals surface area contributed by atoms with E-state index in [0.717, 1.165) is 5.56 Å². The van der Waals surface area contributed by atoms with Gasteiger partial charge >= 0.3 is 0 Å². The van der Waals surface area contributed by atoms with Crippen molar-refractivity contribution in [3.8, 4) is 17.6 Å². The highest BCUT2D eigenvalue weighted by Crippen LogP contribution is 2.35. The fraction of sp³-hybridized carbons (Fsp3) is 0.188. The van der Waals surface area contributed by atoms with Crippen LogP contribution in [0.3, 0.4) is 0 Å². The van der Waals surface area contributed by atoms with Gasteiger partial charge in [0.2, 0.25) is 0 Å². The smallest absolute Gasteiger partial charge is 0.129 e. The van der Waals surface area contributed by atoms with Gasteiger partial charge in [-0.05, 0) is 35.9 Å². The molecule has 0 spiro atoms. The highest BCUT2D eigenvalue weighted by molar-refractivity contribution is 5.44. The minimum absolute atomic E-state index is 0.147. The van der Waals surface area contributed by atoms with Gasteiger partial charge in [-0.1, -0.05) is 0 Å². The Morgan fingerprint density at radius 1 is 1.33 bits per heavy atom. The third-order valence-corrected chi connectivity index (χ3v) is 3.23. The molecule has 1 aliphatic rings. The van der Waals surface area contributed by atoms with Gasteiger partial charge in [-0.2, -0.15) is 5.26 Å². The van der Waals surface area contributed by atoms with E-state index in [1.807, 2.05) is 6.07 Å². The number of hydrogen-bond acceptors (Lipinski definition) is 4. The average Bonchev–Trinajstić information content (AvgIpc) is 2.85. The lowest BCUT2D eigenvalue weighted by Crippen LogP contribution is -1.97. The fourth-order valence-electron chi connectivity index (χ4n) is 2.23. The lowest BCUT2D eigenvalue weighted by Gasteiger charge is -2.08. The molecule has 1 unspecified atom stereocenters. The first-order chi connectivity index (χ1) is 10.2. The van der Waals surface area contributed by atoms with Crippen LogP contribution in [-0.4, -0.2) is 11.7 Å². The Bertz CT molecular complexity index is 724. The van der Waals surface area contributed by atoms with Crippen molar-refractivity contribution in [1.82, 2.24) is 0 Å². The molecule has 5 heteroatoms. The summed E-state index contributed by atoms with van der Waals surface area (Å²) in [6.45, 7) is 0.391. The number of halogens is 1. The topological polar surface area (TPSA) is 62.5 Å². The summed E-state index contributed by atoms with van der Waals surface area (Å²) < 4.78 is 24.2. The molecule has 0 aliphatic carbocycles. The van der Waals surface area contributed by atoms with E-state index in [9.17, 15) is 9.50 Å². The molecule has 3 rings (SSSR count). The van der Waals surface area contributed by atoms with Crippen LogP contribution in [0.5, 0.6) is 11.5 Å². The van der Waals surface area contributed by atoms with Crippen molar-refractivity contribution in [2.45, 2.75) is 12.7 Å². The van der Waals surface area contributed by atoms with Gasteiger partial charge in [0, 0.05) is 11.6 Å². The maximum absolute atomic E-state index is 13.3. The van der Waals surface area contributed by atoms with Crippen LogP contribution in [0.2, 0.25) is 0 Å². The molecular weight excluding hydrogens is 273 g/mol. The van der Waals surface area contributed by atoms with Gasteiger partial charge in [-0.15, -0.1) is 0 Å². The van der Waals surface area contributed by atoms with E-state index in [1.54, 1.807) is 24.3 Å². The number of rotatable bonds is 3. The maximum Gasteiger partial charge on any atom is 0.129 e. The second-order valence-corrected chi connectivity index (χ2v) is 4.78. The monoisotopic (exact) mass is 285 g/mol. The van der Waals surface area contributed by atoms with Crippen LogP contribution < -0.4 is 9.47 Å². The first-order valence-electron chi connectivity index (χ1n) is 6.43. The minimum Gasteiger partial charge on any atom is -0.490 e. The number of benzene rings is 2. The van der Waals surface area contributed by atoms with Gasteiger partial charge < -0.3 is 14.6 Å². The molecule has 0 amide bonds. The summed E-state index contributed by atoms with van der Waals surface area (Å²) in [7, 11) is 0. The fourth-order valence-corrected chi connectivity index (χ4v) is 2.23. The van der Waals surface area contributed by atoms with Gasteiger partial charge in [0.15, 0.2) is 0 Å². The molecule has 106 valence electrons. The zero-order chi connectivity index (χ0) is 14.8. The predicted molar refractivity (Wildman–Crippen MR) is 72.3 cm³/mol. The molecule has 2 aromatic rings. The summed E-state index contributed by atoms with van der Waals surface area (Å²) in [4.78, 5) is 0. The molecule has 2 aromatic carbocycles. The first-order valence-corrected chi connectivity index (χ1v) is 6.43. The second kappa shape index (κ2) is 5.43. The molecule has 0 fully saturated rings. The van der Waals surface area contributed by atoms with Gasteiger partial charge in [-0.25, -0.2) is 4.39 Å². The van der Waals surface area contributed by atoms with Gasteiger partial charge in [-0.3, -0.25) is 0 Å². The Morgan fingerprint density at radius 3 is 3.00 bits per heavy atom. The highest BCUT2D eigenvalue weighted by Gasteiger charge is 2.22. The Balaban J connectivity index is 1.74. The van der Waals surface area contributed by atoms with E-state index in [1.165, 1.54) is 12.1 Å². The van der Waals surface area contributed by atoms with Crippen LogP contribution in [-0.2, 0) is 6.61 Å². The number of hydrogen-bond donors (Lipinski definition) is 1. The van der Waals surface area contributed by atoms with Gasteiger partial charge in [0.25, 0.3) is 0 Å². The van der Waals surface area contributed by atoms with Crippen LogP contribution in [0.15, 0.2) is 36.4 Å². The maximum atomic E-state index is 13.3. The summed E-state index contributed by atoms with van der Waals surface area (Å²) in [6.07, 6.45) is -0.601. The van der Waals surface area contributed by atoms with E-state index in [-0.39, 0.29) is 18.8 Å². The molecule has 1 atom stereocenters. The van der Waals surface area contributed by atoms with Gasteiger partial charge in [0.1, 0.15) is 36.6 Å². The molecule has 1 aliphatic heterocycles. The number of nitrogens with zero attached hydrogens (tertiary/aromatic N) is 1. The Labute approximate surface area is 121 Å². The highest BCUT2D eigenvalue weighted by atomic mass is 19.1. The van der Waals surface area contributed by atoms with Crippen molar-refractivity contribution in [1.29, 1.82) is 5.26 Å². The normalized spacial score (nSPS) is 16.0. The van der Waals surface area contributed by atoms with Crippen molar-refractivity contribution in [3.05, 3.63) is 58.9 Å². The van der Waals surface area contributed by atoms with Crippen LogP contribution in [0.1, 0.15) is 22.8 Å². The van der Waals surface area contributed by atoms with Crippen LogP contribution >= 0.6 is 0 Å². The van der Waals surface area contributed by atoms with Gasteiger partial charge in [0.05, 0.1) is 11.6 Å². The van der Waals surface area contributed by atoms with Crippen molar-refractivity contribution < 1.29 is 19.0 Å². The molecule has 1 heterocycles. The summed E-state index contributed by atoms with van der Waals surface area (Å²) in [6, 6.07) is 11.1. The van der Waals surface area contributed by atoms with Crippen LogP contribution in [0.25, 0.3) is 0 Å². The molecule has 21 heavy (non-hydrogen) atoms. The third-order valence-electron chi connectivity index (χ3n) is 3.23. The molecule has 0 saturated carbocycles. The SMILES string of the molecule is N#Cc1cc(F)cc(COc2ccc3c(c2)OCC3O)c1. The summed E-state index contributed by atoms with van der Waals surface area (Å²) in [5.74, 6) is 0.690. The number of nitriles is 1. The second-order valence-electron chi connectivity index (χ2n) is 4.78. The molecule has 0 aromatic heterocycles. The number of aliphatic hydroxyl groups is 1. The lowest BCUT2D eigenvalue weighted by molar-refractivity contribution is 0.140. The molecule has 1 N–H and O–H groups in total. The molecule has 0 bridgehead atoms. The zero-order valence-corrected chi connectivity index (χ0v) is 11.0. The lowest BCUT2D eigenvalue weighted by atomic mass is 10.1. The van der Waals surface area contributed by atoms with Crippen molar-refractivity contribution in [3.63, 3.8) is 0 Å². The molecule has 0 radical (unpaired) electrons. The van der Waals surface area contributed by atoms with Crippen molar-refractivity contribution in [2.24, 2.45) is 0 Å². The minimum atomic E-state index is -0.601. The quantitative estimate of drug-likeness (QED) is 0.941. The number of fused-ring (bicyclic) bond motifs is 1. The van der Waals surface area contributed by atoms with Crippen LogP contribution in [0, 0.1) is 17.1 Å². The van der Waals surface area contributed by atoms with E-state index in [2.05, 4.69) is 0 Å². The van der Waals surface area contributed by atoms with E-state index < -0.39 is 11.9 Å². The predicted octanol–water partition coefficient (Wildman–Crippen LogP) is 2.70. The largest absolute Gasteiger partial charge is 0.490 e. The van der Waals surface area contributed by atoms with Crippen LogP contribution in [0.4, 0.5) is 4.39 Å². The molecule has 4 nitrogen and oxygen atoms in total. The van der Waals surface area contributed by atoms with E-state index >= 15 is 0 Å². The molecular formula is C16H12FNO3. The first kappa shape index (κ1) is 13.4. The van der Waals surface area contributed by atoms with Crippen molar-refractivity contribution in [2.75, 3.05) is 6.61 Å². The summed E-state index contributed by atoms with van der Waals surface area (Å²) >= 11 is 0. The average molecular weight is 285 g/mol. The molecule has 0 saturated heterocycles. The van der Waals surface area contributed by atoms with E-state index in [0.29, 0.717) is 17.1 Å². The Kier molecular flexibility index (Phi) is 3.46. The Morgan fingerprint density at radius 2 is 2.19 bits per heavy atom. The van der Waals surface area contributed by atoms with E-state index in [4.69, 9.17) is 14.7 Å². The standard InChI is InChI=1S/C16H12FNO3/c17-12-4-10(7-18)3-11(5-12)8-20-13-1-2-14-15(19)9-21-16(14)6-13/h1-6,15,19H,8-9H2. The number of aliphatic hydroxyl groups excluding tert-OH is 1. The summed E-state index contributed by atoms with van der Waals surface area (Å²) in [5, 5.41) is 18.4. The summed E-state index contributed by atoms with van der Waals surface area (Å²) in [5.41, 5.74) is 1.57. The zero-order valence-electron chi connectivity index (χ0n) is 11.0. The Hall–Kier alpha value is -2.58. The number of ether oxygens (including phenoxy) is 2. The third kappa shape index (κ3) is 2.81. The van der Waals surface area contributed by atoms with Crippen molar-refractivity contribution >= 4 is 0 Å².